The number of hydrogen-bond acceptors (Lipinski definition) is 3. The van der Waals surface area contributed by atoms with E-state index < -0.39 is 9.05 Å². The molecule has 1 fully saturated rings. The van der Waals surface area contributed by atoms with Crippen LogP contribution in [0.5, 0.6) is 0 Å². The zero-order valence-electron chi connectivity index (χ0n) is 11.0. The number of carbonyl (C=O) groups is 1. The summed E-state index contributed by atoms with van der Waals surface area (Å²) in [6.45, 7) is 0.715. The molecule has 1 aliphatic rings. The van der Waals surface area contributed by atoms with E-state index in [0.29, 0.717) is 18.2 Å². The lowest BCUT2D eigenvalue weighted by atomic mass is 9.85. The summed E-state index contributed by atoms with van der Waals surface area (Å²) in [6, 6.07) is 1.32. The van der Waals surface area contributed by atoms with E-state index in [0.717, 1.165) is 12.8 Å². The summed E-state index contributed by atoms with van der Waals surface area (Å²) in [7, 11) is 4.85. The molecule has 1 aromatic heterocycles. The quantitative estimate of drug-likeness (QED) is 0.797. The molecule has 0 unspecified atom stereocenters. The second-order valence-electron chi connectivity index (χ2n) is 5.09. The average Bonchev–Trinajstić information content (AvgIpc) is 2.64. The van der Waals surface area contributed by atoms with Crippen molar-refractivity contribution in [3.8, 4) is 0 Å². The summed E-state index contributed by atoms with van der Waals surface area (Å²) in [5.41, 5.74) is 0.334. The predicted molar refractivity (Wildman–Crippen MR) is 72.8 cm³/mol. The lowest BCUT2D eigenvalue weighted by Gasteiger charge is -2.30. The molecule has 0 spiro atoms. The van der Waals surface area contributed by atoms with E-state index in [-0.39, 0.29) is 10.8 Å². The molecule has 1 heterocycles. The largest absolute Gasteiger partial charge is 0.345 e. The van der Waals surface area contributed by atoms with Gasteiger partial charge in [0.25, 0.3) is 15.0 Å². The van der Waals surface area contributed by atoms with Gasteiger partial charge in [0.1, 0.15) is 10.6 Å². The number of rotatable bonds is 4. The van der Waals surface area contributed by atoms with Crippen LogP contribution < -0.4 is 0 Å². The summed E-state index contributed by atoms with van der Waals surface area (Å²) in [5.74, 6) is 0.395. The standard InChI is InChI=1S/C12H17ClN2O3S/c1-14-8-10(19(13,17)18)6-11(14)12(16)15(2)7-9-4-3-5-9/h6,8-9H,3-5,7H2,1-2H3. The Hall–Kier alpha value is -1.01. The zero-order chi connectivity index (χ0) is 14.2. The Morgan fingerprint density at radius 1 is 1.53 bits per heavy atom. The molecule has 0 saturated heterocycles. The molecular formula is C12H17ClN2O3S. The molecule has 0 N–H and O–H groups in total. The average molecular weight is 305 g/mol. The fourth-order valence-corrected chi connectivity index (χ4v) is 3.01. The van der Waals surface area contributed by atoms with Gasteiger partial charge in [0, 0.05) is 37.5 Å². The van der Waals surface area contributed by atoms with Gasteiger partial charge in [-0.15, -0.1) is 0 Å². The summed E-state index contributed by atoms with van der Waals surface area (Å²) in [6.07, 6.45) is 4.90. The summed E-state index contributed by atoms with van der Waals surface area (Å²) >= 11 is 0. The number of amides is 1. The third kappa shape index (κ3) is 3.12. The number of halogens is 1. The summed E-state index contributed by atoms with van der Waals surface area (Å²) < 4.78 is 24.0. The molecule has 2 rings (SSSR count). The Labute approximate surface area is 117 Å². The number of aryl methyl sites for hydroxylation is 1. The molecule has 1 aliphatic carbocycles. The molecule has 7 heteroatoms. The van der Waals surface area contributed by atoms with Crippen LogP contribution in [-0.4, -0.2) is 37.4 Å². The van der Waals surface area contributed by atoms with E-state index >= 15 is 0 Å². The maximum atomic E-state index is 12.2. The molecule has 1 amide bonds. The molecule has 106 valence electrons. The van der Waals surface area contributed by atoms with Gasteiger partial charge in [-0.05, 0) is 24.8 Å². The molecule has 1 saturated carbocycles. The fourth-order valence-electron chi connectivity index (χ4n) is 2.22. The first-order chi connectivity index (χ1) is 8.79. The van der Waals surface area contributed by atoms with Crippen molar-refractivity contribution in [3.05, 3.63) is 18.0 Å². The molecule has 0 bridgehead atoms. The molecule has 0 aliphatic heterocycles. The first kappa shape index (κ1) is 14.4. The van der Waals surface area contributed by atoms with E-state index in [1.807, 2.05) is 0 Å². The van der Waals surface area contributed by atoms with Crippen LogP contribution in [-0.2, 0) is 16.1 Å². The van der Waals surface area contributed by atoms with E-state index in [4.69, 9.17) is 10.7 Å². The fraction of sp³-hybridized carbons (Fsp3) is 0.583. The first-order valence-corrected chi connectivity index (χ1v) is 8.46. The van der Waals surface area contributed by atoms with Crippen LogP contribution in [0.1, 0.15) is 29.8 Å². The third-order valence-electron chi connectivity index (χ3n) is 3.58. The van der Waals surface area contributed by atoms with Crippen molar-refractivity contribution in [2.45, 2.75) is 24.2 Å². The summed E-state index contributed by atoms with van der Waals surface area (Å²) in [5, 5.41) is 0. The van der Waals surface area contributed by atoms with Crippen molar-refractivity contribution in [1.29, 1.82) is 0 Å². The number of hydrogen-bond donors (Lipinski definition) is 0. The maximum Gasteiger partial charge on any atom is 0.270 e. The highest BCUT2D eigenvalue weighted by atomic mass is 35.7. The lowest BCUT2D eigenvalue weighted by Crippen LogP contribution is -2.35. The van der Waals surface area contributed by atoms with E-state index in [1.165, 1.54) is 23.3 Å². The van der Waals surface area contributed by atoms with Crippen molar-refractivity contribution in [1.82, 2.24) is 9.47 Å². The minimum Gasteiger partial charge on any atom is -0.345 e. The minimum absolute atomic E-state index is 0.0444. The molecule has 0 radical (unpaired) electrons. The van der Waals surface area contributed by atoms with Crippen molar-refractivity contribution in [2.75, 3.05) is 13.6 Å². The van der Waals surface area contributed by atoms with Gasteiger partial charge in [-0.3, -0.25) is 4.79 Å². The van der Waals surface area contributed by atoms with E-state index in [2.05, 4.69) is 0 Å². The van der Waals surface area contributed by atoms with Crippen molar-refractivity contribution < 1.29 is 13.2 Å². The van der Waals surface area contributed by atoms with Gasteiger partial charge in [-0.25, -0.2) is 8.42 Å². The second kappa shape index (κ2) is 5.17. The van der Waals surface area contributed by atoms with Gasteiger partial charge in [0.15, 0.2) is 0 Å². The second-order valence-corrected chi connectivity index (χ2v) is 7.66. The van der Waals surface area contributed by atoms with Crippen LogP contribution in [0.15, 0.2) is 17.2 Å². The topological polar surface area (TPSA) is 59.4 Å². The monoisotopic (exact) mass is 304 g/mol. The van der Waals surface area contributed by atoms with Gasteiger partial charge in [-0.1, -0.05) is 6.42 Å². The highest BCUT2D eigenvalue weighted by Crippen LogP contribution is 2.27. The highest BCUT2D eigenvalue weighted by molar-refractivity contribution is 8.13. The molecule has 0 aromatic carbocycles. The number of carbonyl (C=O) groups excluding carboxylic acids is 1. The van der Waals surface area contributed by atoms with Crippen molar-refractivity contribution >= 4 is 25.6 Å². The smallest absolute Gasteiger partial charge is 0.270 e. The van der Waals surface area contributed by atoms with Crippen molar-refractivity contribution in [2.24, 2.45) is 13.0 Å². The van der Waals surface area contributed by atoms with Crippen LogP contribution in [0.2, 0.25) is 0 Å². The molecular weight excluding hydrogens is 288 g/mol. The maximum absolute atomic E-state index is 12.2. The SMILES string of the molecule is CN(CC1CCC1)C(=O)c1cc(S(=O)(=O)Cl)cn1C. The Morgan fingerprint density at radius 3 is 2.58 bits per heavy atom. The normalized spacial score (nSPS) is 16.2. The minimum atomic E-state index is -3.80. The first-order valence-electron chi connectivity index (χ1n) is 6.15. The van der Waals surface area contributed by atoms with E-state index in [9.17, 15) is 13.2 Å². The third-order valence-corrected chi connectivity index (χ3v) is 4.90. The Balaban J connectivity index is 2.16. The van der Waals surface area contributed by atoms with Gasteiger partial charge < -0.3 is 9.47 Å². The van der Waals surface area contributed by atoms with Gasteiger partial charge >= 0.3 is 0 Å². The van der Waals surface area contributed by atoms with Crippen LogP contribution >= 0.6 is 10.7 Å². The Morgan fingerprint density at radius 2 is 2.16 bits per heavy atom. The van der Waals surface area contributed by atoms with Gasteiger partial charge in [-0.2, -0.15) is 0 Å². The Kier molecular flexibility index (Phi) is 3.92. The molecule has 0 atom stereocenters. The van der Waals surface area contributed by atoms with Gasteiger partial charge in [0.2, 0.25) is 0 Å². The molecule has 1 aromatic rings. The molecule has 5 nitrogen and oxygen atoms in total. The summed E-state index contributed by atoms with van der Waals surface area (Å²) in [4.78, 5) is 13.8. The van der Waals surface area contributed by atoms with Crippen LogP contribution in [0, 0.1) is 5.92 Å². The predicted octanol–water partition coefficient (Wildman–Crippen LogP) is 1.82. The number of nitrogens with zero attached hydrogens (tertiary/aromatic N) is 2. The van der Waals surface area contributed by atoms with Crippen molar-refractivity contribution in [3.63, 3.8) is 0 Å². The van der Waals surface area contributed by atoms with Crippen LogP contribution in [0.4, 0.5) is 0 Å². The zero-order valence-corrected chi connectivity index (χ0v) is 12.5. The highest BCUT2D eigenvalue weighted by Gasteiger charge is 2.24. The number of aromatic nitrogens is 1. The Bertz CT molecular complexity index is 590. The molecule has 19 heavy (non-hydrogen) atoms. The van der Waals surface area contributed by atoms with Gasteiger partial charge in [0.05, 0.1) is 0 Å². The van der Waals surface area contributed by atoms with Crippen LogP contribution in [0.3, 0.4) is 0 Å². The van der Waals surface area contributed by atoms with Crippen LogP contribution in [0.25, 0.3) is 0 Å². The lowest BCUT2D eigenvalue weighted by molar-refractivity contribution is 0.0736. The van der Waals surface area contributed by atoms with E-state index in [1.54, 1.807) is 19.0 Å².